The van der Waals surface area contributed by atoms with E-state index in [0.717, 1.165) is 19.3 Å². The number of carboxylic acids is 1. The van der Waals surface area contributed by atoms with Crippen molar-refractivity contribution in [1.82, 2.24) is 4.72 Å². The lowest BCUT2D eigenvalue weighted by Gasteiger charge is -2.37. The van der Waals surface area contributed by atoms with E-state index in [9.17, 15) is 13.2 Å². The minimum atomic E-state index is -3.45. The van der Waals surface area contributed by atoms with Crippen LogP contribution in [-0.4, -0.2) is 44.5 Å². The number of ether oxygens (including phenoxy) is 1. The zero-order valence-electron chi connectivity index (χ0n) is 10.2. The summed E-state index contributed by atoms with van der Waals surface area (Å²) in [4.78, 5) is 11.1. The first-order valence-electron chi connectivity index (χ1n) is 6.26. The average molecular weight is 277 g/mol. The number of aliphatic carboxylic acids is 1. The molecule has 0 aromatic rings. The maximum absolute atomic E-state index is 11.8. The lowest BCUT2D eigenvalue weighted by Crippen LogP contribution is -2.48. The first kappa shape index (κ1) is 13.8. The van der Waals surface area contributed by atoms with Crippen molar-refractivity contribution in [3.05, 3.63) is 0 Å². The highest BCUT2D eigenvalue weighted by atomic mass is 32.2. The van der Waals surface area contributed by atoms with Crippen molar-refractivity contribution >= 4 is 16.0 Å². The van der Waals surface area contributed by atoms with E-state index < -0.39 is 21.4 Å². The van der Waals surface area contributed by atoms with E-state index >= 15 is 0 Å². The van der Waals surface area contributed by atoms with Gasteiger partial charge in [-0.1, -0.05) is 6.42 Å². The van der Waals surface area contributed by atoms with Crippen LogP contribution in [0.3, 0.4) is 0 Å². The summed E-state index contributed by atoms with van der Waals surface area (Å²) >= 11 is 0. The van der Waals surface area contributed by atoms with Crippen molar-refractivity contribution in [2.45, 2.75) is 38.2 Å². The van der Waals surface area contributed by atoms with Crippen LogP contribution in [-0.2, 0) is 19.6 Å². The van der Waals surface area contributed by atoms with Crippen LogP contribution in [0.5, 0.6) is 0 Å². The summed E-state index contributed by atoms with van der Waals surface area (Å²) in [5, 5.41) is 9.11. The van der Waals surface area contributed by atoms with Crippen LogP contribution in [0.2, 0.25) is 0 Å². The molecule has 2 rings (SSSR count). The molecule has 1 unspecified atom stereocenters. The second-order valence-corrected chi connectivity index (χ2v) is 7.03. The predicted molar refractivity (Wildman–Crippen MR) is 64.7 cm³/mol. The Morgan fingerprint density at radius 2 is 2.11 bits per heavy atom. The SMILES string of the molecule is O=C(O)C1(CNS(=O)(=O)CC2CCCO2)CCC1. The molecule has 2 N–H and O–H groups in total. The molecule has 1 saturated carbocycles. The number of hydrogen-bond donors (Lipinski definition) is 2. The highest BCUT2D eigenvalue weighted by molar-refractivity contribution is 7.89. The van der Waals surface area contributed by atoms with Gasteiger partial charge >= 0.3 is 5.97 Å². The molecule has 2 aliphatic rings. The molecular formula is C11H19NO5S. The summed E-state index contributed by atoms with van der Waals surface area (Å²) in [5.74, 6) is -0.976. The molecule has 6 nitrogen and oxygen atoms in total. The van der Waals surface area contributed by atoms with Gasteiger partial charge in [-0.3, -0.25) is 4.79 Å². The van der Waals surface area contributed by atoms with Crippen molar-refractivity contribution in [1.29, 1.82) is 0 Å². The molecule has 0 aromatic carbocycles. The lowest BCUT2D eigenvalue weighted by atomic mass is 9.69. The molecule has 1 aliphatic heterocycles. The Hall–Kier alpha value is -0.660. The fourth-order valence-electron chi connectivity index (χ4n) is 2.40. The third-order valence-electron chi connectivity index (χ3n) is 3.82. The average Bonchev–Trinajstić information content (AvgIpc) is 2.66. The predicted octanol–water partition coefficient (Wildman–Crippen LogP) is 0.340. The van der Waals surface area contributed by atoms with Gasteiger partial charge in [-0.15, -0.1) is 0 Å². The lowest BCUT2D eigenvalue weighted by molar-refractivity contribution is -0.153. The van der Waals surface area contributed by atoms with Crippen molar-refractivity contribution in [3.8, 4) is 0 Å². The number of rotatable bonds is 6. The molecule has 0 radical (unpaired) electrons. The van der Waals surface area contributed by atoms with E-state index in [1.165, 1.54) is 0 Å². The molecule has 104 valence electrons. The molecule has 0 spiro atoms. The summed E-state index contributed by atoms with van der Waals surface area (Å²) < 4.78 is 31.3. The maximum Gasteiger partial charge on any atom is 0.310 e. The first-order chi connectivity index (χ1) is 8.44. The van der Waals surface area contributed by atoms with Gasteiger partial charge < -0.3 is 9.84 Å². The Morgan fingerprint density at radius 3 is 2.56 bits per heavy atom. The Morgan fingerprint density at radius 1 is 1.39 bits per heavy atom. The van der Waals surface area contributed by atoms with Gasteiger partial charge in [0.15, 0.2) is 0 Å². The highest BCUT2D eigenvalue weighted by Gasteiger charge is 2.45. The van der Waals surface area contributed by atoms with Gasteiger partial charge in [0.25, 0.3) is 0 Å². The summed E-state index contributed by atoms with van der Waals surface area (Å²) in [6, 6.07) is 0. The number of sulfonamides is 1. The molecule has 0 aromatic heterocycles. The van der Waals surface area contributed by atoms with E-state index in [-0.39, 0.29) is 18.4 Å². The molecule has 7 heteroatoms. The van der Waals surface area contributed by atoms with Gasteiger partial charge in [0.1, 0.15) is 0 Å². The highest BCUT2D eigenvalue weighted by Crippen LogP contribution is 2.40. The van der Waals surface area contributed by atoms with E-state index in [2.05, 4.69) is 4.72 Å². The first-order valence-corrected chi connectivity index (χ1v) is 7.91. The van der Waals surface area contributed by atoms with Crippen LogP contribution in [0.15, 0.2) is 0 Å². The summed E-state index contributed by atoms with van der Waals surface area (Å²) in [5.41, 5.74) is -0.885. The largest absolute Gasteiger partial charge is 0.481 e. The molecular weight excluding hydrogens is 258 g/mol. The van der Waals surface area contributed by atoms with Crippen molar-refractivity contribution in [2.75, 3.05) is 18.9 Å². The molecule has 1 heterocycles. The second kappa shape index (κ2) is 5.14. The van der Waals surface area contributed by atoms with E-state index in [0.29, 0.717) is 19.4 Å². The topological polar surface area (TPSA) is 92.7 Å². The maximum atomic E-state index is 11.8. The van der Waals surface area contributed by atoms with Gasteiger partial charge in [-0.2, -0.15) is 0 Å². The third-order valence-corrected chi connectivity index (χ3v) is 5.22. The van der Waals surface area contributed by atoms with Crippen LogP contribution in [0.4, 0.5) is 0 Å². The van der Waals surface area contributed by atoms with E-state index in [1.54, 1.807) is 0 Å². The van der Waals surface area contributed by atoms with Crippen molar-refractivity contribution in [3.63, 3.8) is 0 Å². The Labute approximate surface area is 107 Å². The Kier molecular flexibility index (Phi) is 3.93. The summed E-state index contributed by atoms with van der Waals surface area (Å²) in [7, 11) is -3.45. The van der Waals surface area contributed by atoms with Crippen molar-refractivity contribution in [2.24, 2.45) is 5.41 Å². The van der Waals surface area contributed by atoms with Crippen LogP contribution >= 0.6 is 0 Å². The molecule has 2 fully saturated rings. The minimum absolute atomic E-state index is 0.00259. The second-order valence-electron chi connectivity index (χ2n) is 5.18. The number of nitrogens with one attached hydrogen (secondary N) is 1. The Balaban J connectivity index is 1.86. The van der Waals surface area contributed by atoms with Gasteiger partial charge in [-0.05, 0) is 25.7 Å². The van der Waals surface area contributed by atoms with Crippen molar-refractivity contribution < 1.29 is 23.1 Å². The number of carboxylic acid groups (broad SMARTS) is 1. The van der Waals surface area contributed by atoms with Crippen LogP contribution in [0.1, 0.15) is 32.1 Å². The molecule has 1 saturated heterocycles. The standard InChI is InChI=1S/C11H19NO5S/c13-10(14)11(4-2-5-11)8-12-18(15,16)7-9-3-1-6-17-9/h9,12H,1-8H2,(H,13,14). The molecule has 1 aliphatic carbocycles. The van der Waals surface area contributed by atoms with Gasteiger partial charge in [0, 0.05) is 13.2 Å². The third kappa shape index (κ3) is 3.02. The fraction of sp³-hybridized carbons (Fsp3) is 0.909. The number of hydrogen-bond acceptors (Lipinski definition) is 4. The van der Waals surface area contributed by atoms with E-state index in [1.807, 2.05) is 0 Å². The molecule has 18 heavy (non-hydrogen) atoms. The van der Waals surface area contributed by atoms with Gasteiger partial charge in [0.05, 0.1) is 17.3 Å². The normalized spacial score (nSPS) is 26.8. The molecule has 1 atom stereocenters. The van der Waals surface area contributed by atoms with Gasteiger partial charge in [0.2, 0.25) is 10.0 Å². The smallest absolute Gasteiger partial charge is 0.310 e. The Bertz CT molecular complexity index is 409. The minimum Gasteiger partial charge on any atom is -0.481 e. The zero-order valence-corrected chi connectivity index (χ0v) is 11.0. The monoisotopic (exact) mass is 277 g/mol. The number of carbonyl (C=O) groups is 1. The zero-order chi connectivity index (χ0) is 13.2. The quantitative estimate of drug-likeness (QED) is 0.730. The summed E-state index contributed by atoms with van der Waals surface area (Å²) in [6.45, 7) is 0.608. The fourth-order valence-corrected chi connectivity index (χ4v) is 3.76. The van der Waals surface area contributed by atoms with Crippen LogP contribution < -0.4 is 4.72 Å². The van der Waals surface area contributed by atoms with Crippen LogP contribution in [0, 0.1) is 5.41 Å². The van der Waals surface area contributed by atoms with E-state index in [4.69, 9.17) is 9.84 Å². The molecule has 0 bridgehead atoms. The van der Waals surface area contributed by atoms with Gasteiger partial charge in [-0.25, -0.2) is 13.1 Å². The molecule has 0 amide bonds. The van der Waals surface area contributed by atoms with Crippen LogP contribution in [0.25, 0.3) is 0 Å². The summed E-state index contributed by atoms with van der Waals surface area (Å²) in [6.07, 6.45) is 3.34.